The smallest absolute Gasteiger partial charge is 0.245 e. The van der Waals surface area contributed by atoms with Gasteiger partial charge in [-0.25, -0.2) is 0 Å². The molecule has 1 spiro atoms. The van der Waals surface area contributed by atoms with Crippen LogP contribution in [-0.4, -0.2) is 51.5 Å². The van der Waals surface area contributed by atoms with Gasteiger partial charge in [-0.2, -0.15) is 0 Å². The lowest BCUT2D eigenvalue weighted by Gasteiger charge is -2.39. The number of likely N-dealkylation sites (tertiary alicyclic amines) is 1. The maximum Gasteiger partial charge on any atom is 0.245 e. The fourth-order valence-corrected chi connectivity index (χ4v) is 4.96. The monoisotopic (exact) mass is 371 g/mol. The second-order valence-electron chi connectivity index (χ2n) is 8.47. The van der Waals surface area contributed by atoms with Gasteiger partial charge in [0, 0.05) is 30.9 Å². The molecule has 0 aliphatic carbocycles. The van der Waals surface area contributed by atoms with Crippen LogP contribution in [0.5, 0.6) is 0 Å². The number of hydrogen-bond acceptors (Lipinski definition) is 3. The van der Waals surface area contributed by atoms with E-state index in [1.807, 2.05) is 17.0 Å². The van der Waals surface area contributed by atoms with Crippen molar-refractivity contribution in [3.63, 3.8) is 0 Å². The Bertz CT molecular complexity index is 999. The van der Waals surface area contributed by atoms with Crippen molar-refractivity contribution in [2.45, 2.75) is 30.7 Å². The Morgan fingerprint density at radius 3 is 2.54 bits per heavy atom. The molecule has 1 fully saturated rings. The van der Waals surface area contributed by atoms with Crippen LogP contribution in [0.3, 0.4) is 0 Å². The second-order valence-corrected chi connectivity index (χ2v) is 8.47. The molecule has 0 radical (unpaired) electrons. The van der Waals surface area contributed by atoms with E-state index in [-0.39, 0.29) is 17.9 Å². The Labute approximate surface area is 166 Å². The van der Waals surface area contributed by atoms with E-state index in [0.717, 1.165) is 28.8 Å². The maximum absolute atomic E-state index is 13.1. The largest absolute Gasteiger partial charge is 0.373 e. The minimum atomic E-state index is -0.485. The normalized spacial score (nSPS) is 21.8. The molecule has 2 N–H and O–H groups in total. The Hall–Kier alpha value is -2.69. The van der Waals surface area contributed by atoms with Crippen LogP contribution in [0.15, 0.2) is 36.4 Å². The molecule has 5 rings (SSSR count). The van der Waals surface area contributed by atoms with Crippen LogP contribution in [0.4, 0.5) is 11.4 Å². The molecule has 2 aromatic rings. The molecule has 3 aliphatic rings. The summed E-state index contributed by atoms with van der Waals surface area (Å²) in [5.74, 6) is 0.230. The van der Waals surface area contributed by atoms with Crippen LogP contribution in [0.25, 0.3) is 0 Å². The number of nitrogens with zero attached hydrogens (tertiary/aromatic N) is 1. The Morgan fingerprint density at radius 2 is 1.75 bits per heavy atom. The van der Waals surface area contributed by atoms with Crippen molar-refractivity contribution in [2.75, 3.05) is 23.7 Å². The molecule has 1 unspecified atom stereocenters. The van der Waals surface area contributed by atoms with Crippen LogP contribution in [0.1, 0.15) is 24.0 Å². The van der Waals surface area contributed by atoms with E-state index in [2.05, 4.69) is 50.6 Å². The highest BCUT2D eigenvalue weighted by Crippen LogP contribution is 2.44. The highest BCUT2D eigenvalue weighted by Gasteiger charge is 2.49. The summed E-state index contributed by atoms with van der Waals surface area (Å²) < 4.78 is 0. The molecule has 7 heteroatoms. The standard InChI is InChI=1S/C21H23B2N3O2/c22-13-3-4-16-15(10-13)21(20(28)25-16)5-7-26(8-6-21)19(27)18-9-12-1-2-14(23)11-17(12)24-18/h1-4,10-11,18,24H,5-9,22-23H2,(H,25,28). The first-order valence-corrected chi connectivity index (χ1v) is 10.0. The average molecular weight is 371 g/mol. The number of amides is 2. The van der Waals surface area contributed by atoms with E-state index in [0.29, 0.717) is 25.9 Å². The van der Waals surface area contributed by atoms with Gasteiger partial charge in [-0.1, -0.05) is 35.2 Å². The quantitative estimate of drug-likeness (QED) is 0.636. The number of fused-ring (bicyclic) bond motifs is 3. The molecule has 28 heavy (non-hydrogen) atoms. The topological polar surface area (TPSA) is 61.4 Å². The van der Waals surface area contributed by atoms with Gasteiger partial charge in [0.05, 0.1) is 5.41 Å². The fourth-order valence-electron chi connectivity index (χ4n) is 4.96. The number of benzene rings is 2. The third-order valence-corrected chi connectivity index (χ3v) is 6.62. The molecule has 1 atom stereocenters. The van der Waals surface area contributed by atoms with Crippen LogP contribution in [-0.2, 0) is 21.4 Å². The van der Waals surface area contributed by atoms with Crippen molar-refractivity contribution in [1.29, 1.82) is 0 Å². The van der Waals surface area contributed by atoms with E-state index in [1.165, 1.54) is 11.0 Å². The van der Waals surface area contributed by atoms with Crippen molar-refractivity contribution < 1.29 is 9.59 Å². The predicted molar refractivity (Wildman–Crippen MR) is 116 cm³/mol. The summed E-state index contributed by atoms with van der Waals surface area (Å²) in [6.45, 7) is 1.24. The number of carbonyl (C=O) groups is 2. The minimum absolute atomic E-state index is 0.0853. The van der Waals surface area contributed by atoms with Crippen LogP contribution in [0, 0.1) is 0 Å². The molecule has 0 aromatic heterocycles. The lowest BCUT2D eigenvalue weighted by atomic mass is 9.72. The van der Waals surface area contributed by atoms with E-state index < -0.39 is 5.41 Å². The van der Waals surface area contributed by atoms with Gasteiger partial charge in [0.1, 0.15) is 21.7 Å². The number of anilines is 2. The van der Waals surface area contributed by atoms with Gasteiger partial charge < -0.3 is 15.5 Å². The first-order valence-electron chi connectivity index (χ1n) is 10.0. The van der Waals surface area contributed by atoms with Crippen molar-refractivity contribution in [2.24, 2.45) is 0 Å². The van der Waals surface area contributed by atoms with Gasteiger partial charge >= 0.3 is 0 Å². The van der Waals surface area contributed by atoms with E-state index in [1.54, 1.807) is 0 Å². The number of rotatable bonds is 1. The van der Waals surface area contributed by atoms with Gasteiger partial charge in [0.25, 0.3) is 0 Å². The summed E-state index contributed by atoms with van der Waals surface area (Å²) >= 11 is 0. The summed E-state index contributed by atoms with van der Waals surface area (Å²) in [4.78, 5) is 27.8. The third-order valence-electron chi connectivity index (χ3n) is 6.62. The maximum atomic E-state index is 13.1. The summed E-state index contributed by atoms with van der Waals surface area (Å²) in [5, 5.41) is 6.44. The molecule has 2 aromatic carbocycles. The lowest BCUT2D eigenvalue weighted by Crippen LogP contribution is -2.51. The van der Waals surface area contributed by atoms with Gasteiger partial charge in [-0.15, -0.1) is 0 Å². The lowest BCUT2D eigenvalue weighted by molar-refractivity contribution is -0.135. The van der Waals surface area contributed by atoms with Crippen molar-refractivity contribution >= 4 is 49.8 Å². The molecule has 0 bridgehead atoms. The highest BCUT2D eigenvalue weighted by molar-refractivity contribution is 6.33. The predicted octanol–water partition coefficient (Wildman–Crippen LogP) is -0.947. The zero-order valence-electron chi connectivity index (χ0n) is 16.3. The second kappa shape index (κ2) is 6.16. The van der Waals surface area contributed by atoms with Crippen molar-refractivity contribution in [1.82, 2.24) is 4.90 Å². The zero-order chi connectivity index (χ0) is 19.5. The Balaban J connectivity index is 1.31. The highest BCUT2D eigenvalue weighted by atomic mass is 16.2. The average Bonchev–Trinajstić information content (AvgIpc) is 3.22. The van der Waals surface area contributed by atoms with E-state index in [4.69, 9.17) is 0 Å². The van der Waals surface area contributed by atoms with Gasteiger partial charge in [0.15, 0.2) is 0 Å². The molecule has 3 aliphatic heterocycles. The van der Waals surface area contributed by atoms with E-state index in [9.17, 15) is 9.59 Å². The fraction of sp³-hybridized carbons (Fsp3) is 0.333. The summed E-state index contributed by atoms with van der Waals surface area (Å²) in [6, 6.07) is 12.3. The molecular formula is C21H23B2N3O2. The zero-order valence-corrected chi connectivity index (χ0v) is 16.3. The number of hydrogen-bond donors (Lipinski definition) is 2. The van der Waals surface area contributed by atoms with E-state index >= 15 is 0 Å². The summed E-state index contributed by atoms with van der Waals surface area (Å²) in [7, 11) is 4.12. The SMILES string of the molecule is Bc1ccc2c(c1)NC(C(=O)N1CCC3(CC1)C(=O)Nc1ccc(B)cc13)C2. The molecular weight excluding hydrogens is 348 g/mol. The number of carbonyl (C=O) groups excluding carboxylic acids is 2. The van der Waals surface area contributed by atoms with Crippen molar-refractivity contribution in [3.05, 3.63) is 47.5 Å². The molecule has 1 saturated heterocycles. The molecule has 5 nitrogen and oxygen atoms in total. The van der Waals surface area contributed by atoms with Crippen LogP contribution in [0.2, 0.25) is 0 Å². The Morgan fingerprint density at radius 1 is 1.04 bits per heavy atom. The van der Waals surface area contributed by atoms with Crippen LogP contribution >= 0.6 is 0 Å². The number of nitrogens with one attached hydrogen (secondary N) is 2. The van der Waals surface area contributed by atoms with Gasteiger partial charge in [-0.3, -0.25) is 9.59 Å². The summed E-state index contributed by atoms with van der Waals surface area (Å²) in [6.07, 6.45) is 2.10. The van der Waals surface area contributed by atoms with Gasteiger partial charge in [-0.05, 0) is 36.1 Å². The Kier molecular flexibility index (Phi) is 3.83. The van der Waals surface area contributed by atoms with Crippen molar-refractivity contribution in [3.8, 4) is 0 Å². The molecule has 0 saturated carbocycles. The molecule has 3 heterocycles. The first kappa shape index (κ1) is 17.4. The minimum Gasteiger partial charge on any atom is -0.373 e. The molecule has 140 valence electrons. The molecule has 2 amide bonds. The first-order chi connectivity index (χ1) is 13.5. The number of piperidine rings is 1. The summed E-state index contributed by atoms with van der Waals surface area (Å²) in [5.41, 5.74) is 6.19. The van der Waals surface area contributed by atoms with Crippen LogP contribution < -0.4 is 21.6 Å². The third kappa shape index (κ3) is 2.56. The van der Waals surface area contributed by atoms with Gasteiger partial charge in [0.2, 0.25) is 11.8 Å².